The van der Waals surface area contributed by atoms with Crippen LogP contribution in [0.3, 0.4) is 0 Å². The van der Waals surface area contributed by atoms with Crippen LogP contribution in [0.2, 0.25) is 5.02 Å². The predicted molar refractivity (Wildman–Crippen MR) is 150 cm³/mol. The minimum Gasteiger partial charge on any atom is -0.495 e. The summed E-state index contributed by atoms with van der Waals surface area (Å²) in [6, 6.07) is 20.6. The second-order valence-electron chi connectivity index (χ2n) is 8.92. The van der Waals surface area contributed by atoms with Gasteiger partial charge in [0.15, 0.2) is 0 Å². The van der Waals surface area contributed by atoms with Gasteiger partial charge in [-0.25, -0.2) is 8.42 Å². The number of amides is 2. The number of carbonyl (C=O) groups is 2. The molecule has 0 saturated heterocycles. The Morgan fingerprint density at radius 3 is 2.29 bits per heavy atom. The Morgan fingerprint density at radius 2 is 1.68 bits per heavy atom. The molecule has 0 radical (unpaired) electrons. The van der Waals surface area contributed by atoms with Crippen LogP contribution in [-0.4, -0.2) is 58.1 Å². The van der Waals surface area contributed by atoms with Crippen LogP contribution in [0.5, 0.6) is 5.75 Å². The van der Waals surface area contributed by atoms with Crippen molar-refractivity contribution in [1.82, 2.24) is 10.2 Å². The number of nitrogens with zero attached hydrogens (tertiary/aromatic N) is 2. The number of nitrogens with one attached hydrogen (secondary N) is 1. The molecule has 0 aliphatic rings. The van der Waals surface area contributed by atoms with Gasteiger partial charge in [-0.05, 0) is 36.2 Å². The number of sulfonamides is 1. The van der Waals surface area contributed by atoms with E-state index < -0.39 is 28.5 Å². The summed E-state index contributed by atoms with van der Waals surface area (Å²) >= 11 is 6.16. The van der Waals surface area contributed by atoms with Crippen LogP contribution >= 0.6 is 11.6 Å². The molecular weight excluding hydrogens is 526 g/mol. The van der Waals surface area contributed by atoms with Crippen LogP contribution in [0.1, 0.15) is 16.7 Å². The Hall–Kier alpha value is -3.56. The average molecular weight is 558 g/mol. The summed E-state index contributed by atoms with van der Waals surface area (Å²) < 4.78 is 32.1. The predicted octanol–water partition coefficient (Wildman–Crippen LogP) is 3.81. The molecule has 3 rings (SSSR count). The first-order valence-electron chi connectivity index (χ1n) is 11.9. The van der Waals surface area contributed by atoms with E-state index in [4.69, 9.17) is 16.3 Å². The molecule has 0 bridgehead atoms. The molecule has 0 aliphatic carbocycles. The molecule has 0 spiro atoms. The van der Waals surface area contributed by atoms with Gasteiger partial charge in [0.1, 0.15) is 18.3 Å². The summed E-state index contributed by atoms with van der Waals surface area (Å²) in [6.45, 7) is 1.49. The first-order chi connectivity index (χ1) is 18.0. The number of carbonyl (C=O) groups excluding carboxylic acids is 2. The number of rotatable bonds is 11. The van der Waals surface area contributed by atoms with Crippen LogP contribution in [0.15, 0.2) is 72.8 Å². The molecule has 2 amide bonds. The molecule has 3 aromatic carbocycles. The van der Waals surface area contributed by atoms with Gasteiger partial charge in [-0.3, -0.25) is 13.9 Å². The van der Waals surface area contributed by atoms with Crippen molar-refractivity contribution in [3.05, 3.63) is 94.5 Å². The van der Waals surface area contributed by atoms with Crippen LogP contribution in [-0.2, 0) is 32.6 Å². The fraction of sp³-hybridized carbons (Fsp3) is 0.286. The first kappa shape index (κ1) is 29.0. The summed E-state index contributed by atoms with van der Waals surface area (Å²) in [5.41, 5.74) is 2.80. The number of hydrogen-bond acceptors (Lipinski definition) is 5. The molecule has 0 heterocycles. The third-order valence-corrected chi connectivity index (χ3v) is 7.40. The van der Waals surface area contributed by atoms with Crippen molar-refractivity contribution in [3.8, 4) is 5.75 Å². The molecule has 10 heteroatoms. The maximum Gasteiger partial charge on any atom is 0.244 e. The van der Waals surface area contributed by atoms with Crippen molar-refractivity contribution >= 4 is 39.1 Å². The standard InChI is InChI=1S/C28H32ClN3O5S/c1-20-9-8-12-22(15-20)18-31(25(28(34)30-2)16-21-10-6-5-7-11-21)27(33)19-32(38(4,35)36)24-17-23(29)13-14-26(24)37-3/h5-15,17,25H,16,18-19H2,1-4H3,(H,30,34)/t25-/m1/s1. The lowest BCUT2D eigenvalue weighted by Gasteiger charge is -2.33. The van der Waals surface area contributed by atoms with E-state index in [1.54, 1.807) is 6.07 Å². The summed E-state index contributed by atoms with van der Waals surface area (Å²) in [5, 5.41) is 2.94. The number of hydrogen-bond donors (Lipinski definition) is 1. The largest absolute Gasteiger partial charge is 0.495 e. The highest BCUT2D eigenvalue weighted by molar-refractivity contribution is 7.92. The molecule has 0 aliphatic heterocycles. The highest BCUT2D eigenvalue weighted by Crippen LogP contribution is 2.33. The van der Waals surface area contributed by atoms with E-state index >= 15 is 0 Å². The van der Waals surface area contributed by atoms with Crippen molar-refractivity contribution < 1.29 is 22.7 Å². The highest BCUT2D eigenvalue weighted by atomic mass is 35.5. The summed E-state index contributed by atoms with van der Waals surface area (Å²) in [5.74, 6) is -0.672. The number of halogens is 1. The Bertz CT molecular complexity index is 1380. The van der Waals surface area contributed by atoms with E-state index in [2.05, 4.69) is 5.32 Å². The number of ether oxygens (including phenoxy) is 1. The molecule has 3 aromatic rings. The molecule has 1 N–H and O–H groups in total. The molecule has 1 atom stereocenters. The minimum atomic E-state index is -3.94. The van der Waals surface area contributed by atoms with E-state index in [0.717, 1.165) is 27.3 Å². The fourth-order valence-electron chi connectivity index (χ4n) is 4.18. The van der Waals surface area contributed by atoms with E-state index in [1.807, 2.05) is 61.5 Å². The molecule has 0 fully saturated rings. The average Bonchev–Trinajstić information content (AvgIpc) is 2.88. The van der Waals surface area contributed by atoms with Gasteiger partial charge < -0.3 is 15.0 Å². The molecule has 0 saturated carbocycles. The SMILES string of the molecule is CNC(=O)[C@@H](Cc1ccccc1)N(Cc1cccc(C)c1)C(=O)CN(c1cc(Cl)ccc1OC)S(C)(=O)=O. The van der Waals surface area contributed by atoms with Crippen LogP contribution < -0.4 is 14.4 Å². The monoisotopic (exact) mass is 557 g/mol. The Kier molecular flexibility index (Phi) is 9.77. The first-order valence-corrected chi connectivity index (χ1v) is 14.2. The third-order valence-electron chi connectivity index (χ3n) is 6.04. The number of aryl methyl sites for hydroxylation is 1. The Balaban J connectivity index is 2.07. The minimum absolute atomic E-state index is 0.107. The van der Waals surface area contributed by atoms with Crippen molar-refractivity contribution in [1.29, 1.82) is 0 Å². The molecule has 0 aromatic heterocycles. The van der Waals surface area contributed by atoms with E-state index in [0.29, 0.717) is 0 Å². The summed E-state index contributed by atoms with van der Waals surface area (Å²) in [7, 11) is -1.03. The van der Waals surface area contributed by atoms with Gasteiger partial charge in [-0.2, -0.15) is 0 Å². The van der Waals surface area contributed by atoms with Gasteiger partial charge in [0.2, 0.25) is 21.8 Å². The number of benzene rings is 3. The zero-order valence-corrected chi connectivity index (χ0v) is 23.4. The molecule has 202 valence electrons. The number of methoxy groups -OCH3 is 1. The Labute approximate surface area is 229 Å². The quantitative estimate of drug-likeness (QED) is 0.387. The van der Waals surface area contributed by atoms with Crippen molar-refractivity contribution in [3.63, 3.8) is 0 Å². The van der Waals surface area contributed by atoms with Gasteiger partial charge in [0, 0.05) is 25.0 Å². The zero-order valence-electron chi connectivity index (χ0n) is 21.8. The van der Waals surface area contributed by atoms with Gasteiger partial charge in [-0.1, -0.05) is 71.8 Å². The number of likely N-dealkylation sites (N-methyl/N-ethyl adjacent to an activating group) is 1. The third kappa shape index (κ3) is 7.49. The topological polar surface area (TPSA) is 96.0 Å². The van der Waals surface area contributed by atoms with Crippen molar-refractivity contribution in [2.24, 2.45) is 0 Å². The normalized spacial score (nSPS) is 11.9. The molecule has 8 nitrogen and oxygen atoms in total. The van der Waals surface area contributed by atoms with Crippen molar-refractivity contribution in [2.75, 3.05) is 31.3 Å². The lowest BCUT2D eigenvalue weighted by Crippen LogP contribution is -2.52. The highest BCUT2D eigenvalue weighted by Gasteiger charge is 2.33. The number of anilines is 1. The van der Waals surface area contributed by atoms with E-state index in [-0.39, 0.29) is 35.3 Å². The molecular formula is C28H32ClN3O5S. The fourth-order valence-corrected chi connectivity index (χ4v) is 5.19. The Morgan fingerprint density at radius 1 is 1.00 bits per heavy atom. The van der Waals surface area contributed by atoms with E-state index in [1.165, 1.54) is 31.2 Å². The molecule has 0 unspecified atom stereocenters. The lowest BCUT2D eigenvalue weighted by atomic mass is 10.0. The van der Waals surface area contributed by atoms with Gasteiger partial charge in [-0.15, -0.1) is 0 Å². The van der Waals surface area contributed by atoms with Gasteiger partial charge in [0.05, 0.1) is 19.1 Å². The maximum atomic E-state index is 14.0. The van der Waals surface area contributed by atoms with Gasteiger partial charge in [0.25, 0.3) is 0 Å². The lowest BCUT2D eigenvalue weighted by molar-refractivity contribution is -0.139. The van der Waals surface area contributed by atoms with Crippen LogP contribution in [0.25, 0.3) is 0 Å². The second-order valence-corrected chi connectivity index (χ2v) is 11.3. The van der Waals surface area contributed by atoms with Crippen LogP contribution in [0.4, 0.5) is 5.69 Å². The van der Waals surface area contributed by atoms with Crippen molar-refractivity contribution in [2.45, 2.75) is 25.9 Å². The zero-order chi connectivity index (χ0) is 27.9. The summed E-state index contributed by atoms with van der Waals surface area (Å²) in [4.78, 5) is 28.5. The smallest absolute Gasteiger partial charge is 0.244 e. The molecule has 38 heavy (non-hydrogen) atoms. The maximum absolute atomic E-state index is 14.0. The van der Waals surface area contributed by atoms with Crippen LogP contribution in [0, 0.1) is 6.92 Å². The van der Waals surface area contributed by atoms with Gasteiger partial charge >= 0.3 is 0 Å². The summed E-state index contributed by atoms with van der Waals surface area (Å²) in [6.07, 6.45) is 1.25. The van der Waals surface area contributed by atoms with E-state index in [9.17, 15) is 18.0 Å². The second kappa shape index (κ2) is 12.8.